The Labute approximate surface area is 163 Å². The fraction of sp³-hybridized carbons (Fsp3) is 0.174. The quantitative estimate of drug-likeness (QED) is 0.373. The molecule has 0 bridgehead atoms. The molecule has 0 N–H and O–H groups in total. The molecule has 0 fully saturated rings. The minimum Gasteiger partial charge on any atom is -0.493 e. The largest absolute Gasteiger partial charge is 0.493 e. The number of carbonyl (C=O) groups is 1. The number of esters is 1. The van der Waals surface area contributed by atoms with E-state index < -0.39 is 0 Å². The average Bonchev–Trinajstić information content (AvgIpc) is 3.29. The number of rotatable bonds is 6. The summed E-state index contributed by atoms with van der Waals surface area (Å²) in [5.41, 5.74) is 5.28. The molecule has 0 amide bonds. The Kier molecular flexibility index (Phi) is 4.89. The van der Waals surface area contributed by atoms with E-state index in [-0.39, 0.29) is 12.6 Å². The Morgan fingerprint density at radius 1 is 1.04 bits per heavy atom. The molecule has 0 unspecified atom stereocenters. The number of nitrogens with zero attached hydrogens (tertiary/aromatic N) is 1. The van der Waals surface area contributed by atoms with Gasteiger partial charge in [0.25, 0.3) is 0 Å². The van der Waals surface area contributed by atoms with Crippen LogP contribution < -0.4 is 9.47 Å². The van der Waals surface area contributed by atoms with Crippen molar-refractivity contribution in [2.75, 3.05) is 14.2 Å². The van der Waals surface area contributed by atoms with Crippen molar-refractivity contribution in [1.29, 1.82) is 0 Å². The fourth-order valence-corrected chi connectivity index (χ4v) is 3.43. The number of ether oxygens (including phenoxy) is 3. The summed E-state index contributed by atoms with van der Waals surface area (Å²) in [7, 11) is 3.27. The Bertz CT molecular complexity index is 1030. The summed E-state index contributed by atoms with van der Waals surface area (Å²) in [6.45, 7) is 0.984. The molecule has 0 atom stereocenters. The molecule has 2 heterocycles. The molecule has 142 valence electrons. The lowest BCUT2D eigenvalue weighted by atomic mass is 10.1. The highest BCUT2D eigenvalue weighted by Crippen LogP contribution is 2.41. The van der Waals surface area contributed by atoms with E-state index in [0.717, 1.165) is 34.6 Å². The molecule has 0 spiro atoms. The second-order valence-electron chi connectivity index (χ2n) is 6.52. The molecule has 0 saturated heterocycles. The molecule has 4 rings (SSSR count). The lowest BCUT2D eigenvalue weighted by Gasteiger charge is -2.09. The van der Waals surface area contributed by atoms with Crippen molar-refractivity contribution in [2.45, 2.75) is 13.2 Å². The van der Waals surface area contributed by atoms with Crippen molar-refractivity contribution in [3.8, 4) is 22.8 Å². The third-order valence-corrected chi connectivity index (χ3v) is 4.84. The van der Waals surface area contributed by atoms with Crippen LogP contribution in [0.2, 0.25) is 0 Å². The molecule has 2 aromatic carbocycles. The summed E-state index contributed by atoms with van der Waals surface area (Å²) in [6.07, 6.45) is 3.26. The lowest BCUT2D eigenvalue weighted by Crippen LogP contribution is -2.01. The first-order valence-corrected chi connectivity index (χ1v) is 9.03. The maximum atomic E-state index is 12.0. The SMILES string of the molecule is COc1cc2c(cc1OC)-c1ccc(/C=C/C(=O)OCc3ccccc3)n1C2. The number of benzene rings is 2. The standard InChI is InChI=1S/C23H21NO4/c1-26-21-12-17-14-24-18(8-10-20(24)19(17)13-22(21)27-2)9-11-23(25)28-15-16-6-4-3-5-7-16/h3-13H,14-15H2,1-2H3/b11-9+. The molecule has 28 heavy (non-hydrogen) atoms. The van der Waals surface area contributed by atoms with Crippen molar-refractivity contribution < 1.29 is 19.0 Å². The molecule has 3 aromatic rings. The maximum Gasteiger partial charge on any atom is 0.331 e. The van der Waals surface area contributed by atoms with Gasteiger partial charge in [-0.15, -0.1) is 0 Å². The maximum absolute atomic E-state index is 12.0. The van der Waals surface area contributed by atoms with Crippen molar-refractivity contribution >= 4 is 12.0 Å². The van der Waals surface area contributed by atoms with E-state index in [0.29, 0.717) is 11.5 Å². The first-order valence-electron chi connectivity index (χ1n) is 9.03. The Morgan fingerprint density at radius 3 is 2.54 bits per heavy atom. The van der Waals surface area contributed by atoms with Crippen molar-refractivity contribution in [3.63, 3.8) is 0 Å². The van der Waals surface area contributed by atoms with Gasteiger partial charge in [0.2, 0.25) is 0 Å². The zero-order valence-corrected chi connectivity index (χ0v) is 15.8. The van der Waals surface area contributed by atoms with E-state index in [9.17, 15) is 4.79 Å². The highest BCUT2D eigenvalue weighted by atomic mass is 16.5. The second kappa shape index (κ2) is 7.64. The molecule has 0 saturated carbocycles. The van der Waals surface area contributed by atoms with Crippen LogP contribution in [-0.4, -0.2) is 24.8 Å². The van der Waals surface area contributed by atoms with E-state index in [1.165, 1.54) is 6.08 Å². The van der Waals surface area contributed by atoms with Crippen LogP contribution in [0.1, 0.15) is 16.8 Å². The third kappa shape index (κ3) is 3.39. The molecular formula is C23H21NO4. The van der Waals surface area contributed by atoms with Gasteiger partial charge in [0.1, 0.15) is 6.61 Å². The van der Waals surface area contributed by atoms with Gasteiger partial charge in [-0.3, -0.25) is 0 Å². The molecule has 1 aliphatic heterocycles. The highest BCUT2D eigenvalue weighted by Gasteiger charge is 2.22. The summed E-state index contributed by atoms with van der Waals surface area (Å²) in [5.74, 6) is 1.06. The molecule has 5 nitrogen and oxygen atoms in total. The van der Waals surface area contributed by atoms with Crippen LogP contribution in [0, 0.1) is 0 Å². The van der Waals surface area contributed by atoms with Crippen LogP contribution in [0.15, 0.2) is 60.7 Å². The normalized spacial score (nSPS) is 11.9. The van der Waals surface area contributed by atoms with Crippen LogP contribution in [-0.2, 0) is 22.7 Å². The first kappa shape index (κ1) is 17.9. The number of aromatic nitrogens is 1. The molecule has 1 aliphatic rings. The van der Waals surface area contributed by atoms with Crippen molar-refractivity contribution in [2.24, 2.45) is 0 Å². The third-order valence-electron chi connectivity index (χ3n) is 4.84. The Morgan fingerprint density at radius 2 is 1.79 bits per heavy atom. The number of fused-ring (bicyclic) bond motifs is 3. The minimum absolute atomic E-state index is 0.265. The molecule has 0 aliphatic carbocycles. The molecule has 0 radical (unpaired) electrons. The topological polar surface area (TPSA) is 49.7 Å². The lowest BCUT2D eigenvalue weighted by molar-refractivity contribution is -0.138. The first-order chi connectivity index (χ1) is 13.7. The van der Waals surface area contributed by atoms with Gasteiger partial charge in [-0.2, -0.15) is 0 Å². The van der Waals surface area contributed by atoms with Gasteiger partial charge in [-0.05, 0) is 41.5 Å². The zero-order valence-electron chi connectivity index (χ0n) is 15.8. The van der Waals surface area contributed by atoms with E-state index in [2.05, 4.69) is 4.57 Å². The second-order valence-corrected chi connectivity index (χ2v) is 6.52. The van der Waals surface area contributed by atoms with Gasteiger partial charge in [0.15, 0.2) is 11.5 Å². The Balaban J connectivity index is 1.49. The van der Waals surface area contributed by atoms with Crippen molar-refractivity contribution in [1.82, 2.24) is 4.57 Å². The monoisotopic (exact) mass is 375 g/mol. The fourth-order valence-electron chi connectivity index (χ4n) is 3.43. The molecule has 1 aromatic heterocycles. The molecular weight excluding hydrogens is 354 g/mol. The zero-order chi connectivity index (χ0) is 19.5. The minimum atomic E-state index is -0.363. The number of hydrogen-bond acceptors (Lipinski definition) is 4. The number of methoxy groups -OCH3 is 2. The summed E-state index contributed by atoms with van der Waals surface area (Å²) in [4.78, 5) is 12.0. The smallest absolute Gasteiger partial charge is 0.331 e. The van der Waals surface area contributed by atoms with Gasteiger partial charge in [-0.25, -0.2) is 4.79 Å². The van der Waals surface area contributed by atoms with E-state index in [1.54, 1.807) is 20.3 Å². The van der Waals surface area contributed by atoms with E-state index in [4.69, 9.17) is 14.2 Å². The molecule has 5 heteroatoms. The predicted molar refractivity (Wildman–Crippen MR) is 107 cm³/mol. The van der Waals surface area contributed by atoms with Crippen molar-refractivity contribution in [3.05, 3.63) is 77.5 Å². The summed E-state index contributed by atoms with van der Waals surface area (Å²) < 4.78 is 18.3. The van der Waals surface area contributed by atoms with E-state index >= 15 is 0 Å². The van der Waals surface area contributed by atoms with Gasteiger partial charge < -0.3 is 18.8 Å². The number of hydrogen-bond donors (Lipinski definition) is 0. The Hall–Kier alpha value is -3.47. The van der Waals surface area contributed by atoms with Gasteiger partial charge in [0, 0.05) is 29.6 Å². The van der Waals surface area contributed by atoms with Crippen LogP contribution in [0.4, 0.5) is 0 Å². The van der Waals surface area contributed by atoms with Gasteiger partial charge >= 0.3 is 5.97 Å². The van der Waals surface area contributed by atoms with Crippen LogP contribution in [0.5, 0.6) is 11.5 Å². The average molecular weight is 375 g/mol. The summed E-state index contributed by atoms with van der Waals surface area (Å²) in [6, 6.07) is 17.7. The van der Waals surface area contributed by atoms with Gasteiger partial charge in [0.05, 0.1) is 14.2 Å². The van der Waals surface area contributed by atoms with Crippen LogP contribution in [0.25, 0.3) is 17.3 Å². The van der Waals surface area contributed by atoms with E-state index in [1.807, 2.05) is 54.6 Å². The highest BCUT2D eigenvalue weighted by molar-refractivity contribution is 5.87. The summed E-state index contributed by atoms with van der Waals surface area (Å²) >= 11 is 0. The number of carbonyl (C=O) groups excluding carboxylic acids is 1. The van der Waals surface area contributed by atoms with Crippen LogP contribution in [0.3, 0.4) is 0 Å². The van der Waals surface area contributed by atoms with Crippen LogP contribution >= 0.6 is 0 Å². The van der Waals surface area contributed by atoms with Gasteiger partial charge in [-0.1, -0.05) is 30.3 Å². The summed E-state index contributed by atoms with van der Waals surface area (Å²) in [5, 5.41) is 0. The predicted octanol–water partition coefficient (Wildman–Crippen LogP) is 4.29.